The highest BCUT2D eigenvalue weighted by atomic mass is 32.2. The van der Waals surface area contributed by atoms with Gasteiger partial charge in [0.15, 0.2) is 5.96 Å². The standard InChI is InChI=1S/C14H26N6O5S2/c1-3-26(21,22)17-6-5-16-14(15-2)19-7-9-20(10-8-19)27(23,24)12-13-4-11-25-18-13/h4,11,17H,3,5-10,12H2,1-2H3,(H,15,16). The number of hydrogen-bond donors (Lipinski definition) is 2. The van der Waals surface area contributed by atoms with Crippen LogP contribution in [-0.2, 0) is 25.8 Å². The molecule has 0 spiro atoms. The van der Waals surface area contributed by atoms with Gasteiger partial charge in [0.05, 0.1) is 11.4 Å². The number of aromatic nitrogens is 1. The Labute approximate surface area is 159 Å². The van der Waals surface area contributed by atoms with E-state index in [0.29, 0.717) is 44.4 Å². The Morgan fingerprint density at radius 1 is 1.22 bits per heavy atom. The summed E-state index contributed by atoms with van der Waals surface area (Å²) in [5.41, 5.74) is 0.379. The predicted molar refractivity (Wildman–Crippen MR) is 101 cm³/mol. The molecule has 13 heteroatoms. The zero-order valence-corrected chi connectivity index (χ0v) is 17.1. The lowest BCUT2D eigenvalue weighted by atomic mass is 10.4. The molecule has 1 aromatic heterocycles. The number of aliphatic imine (C=N–C) groups is 1. The Morgan fingerprint density at radius 2 is 1.93 bits per heavy atom. The molecule has 0 aromatic carbocycles. The van der Waals surface area contributed by atoms with Crippen molar-refractivity contribution in [3.05, 3.63) is 18.0 Å². The van der Waals surface area contributed by atoms with E-state index < -0.39 is 20.0 Å². The van der Waals surface area contributed by atoms with Gasteiger partial charge in [-0.3, -0.25) is 4.99 Å². The van der Waals surface area contributed by atoms with Gasteiger partial charge in [-0.25, -0.2) is 21.6 Å². The summed E-state index contributed by atoms with van der Waals surface area (Å²) < 4.78 is 56.3. The lowest BCUT2D eigenvalue weighted by Crippen LogP contribution is -2.54. The number of guanidine groups is 1. The van der Waals surface area contributed by atoms with E-state index in [-0.39, 0.29) is 18.1 Å². The normalized spacial score (nSPS) is 17.3. The van der Waals surface area contributed by atoms with Gasteiger partial charge in [-0.2, -0.15) is 4.31 Å². The van der Waals surface area contributed by atoms with Crippen molar-refractivity contribution in [2.45, 2.75) is 12.7 Å². The van der Waals surface area contributed by atoms with Gasteiger partial charge in [-0.15, -0.1) is 0 Å². The van der Waals surface area contributed by atoms with Crippen LogP contribution in [0, 0.1) is 0 Å². The zero-order chi connectivity index (χ0) is 19.9. The SMILES string of the molecule is CCS(=O)(=O)NCCNC(=NC)N1CCN(S(=O)(=O)Cc2ccon2)CC1. The highest BCUT2D eigenvalue weighted by Crippen LogP contribution is 2.12. The van der Waals surface area contributed by atoms with Gasteiger partial charge in [0, 0.05) is 52.4 Å². The number of nitrogens with one attached hydrogen (secondary N) is 2. The minimum absolute atomic E-state index is 0.0342. The van der Waals surface area contributed by atoms with E-state index in [1.54, 1.807) is 14.0 Å². The van der Waals surface area contributed by atoms with Gasteiger partial charge in [0.1, 0.15) is 12.0 Å². The first-order chi connectivity index (χ1) is 12.8. The minimum atomic E-state index is -3.46. The Hall–Kier alpha value is -1.70. The molecule has 0 radical (unpaired) electrons. The van der Waals surface area contributed by atoms with Gasteiger partial charge >= 0.3 is 0 Å². The molecule has 1 aliphatic heterocycles. The predicted octanol–water partition coefficient (Wildman–Crippen LogP) is -1.36. The van der Waals surface area contributed by atoms with Crippen molar-refractivity contribution in [2.24, 2.45) is 4.99 Å². The fourth-order valence-electron chi connectivity index (χ4n) is 2.58. The van der Waals surface area contributed by atoms with Crippen LogP contribution in [0.25, 0.3) is 0 Å². The average molecular weight is 423 g/mol. The van der Waals surface area contributed by atoms with E-state index in [9.17, 15) is 16.8 Å². The third-order valence-electron chi connectivity index (χ3n) is 4.08. The third-order valence-corrected chi connectivity index (χ3v) is 7.29. The number of hydrogen-bond acceptors (Lipinski definition) is 7. The average Bonchev–Trinajstić information content (AvgIpc) is 3.14. The van der Waals surface area contributed by atoms with Crippen LogP contribution in [0.3, 0.4) is 0 Å². The van der Waals surface area contributed by atoms with Crippen molar-refractivity contribution >= 4 is 26.0 Å². The van der Waals surface area contributed by atoms with E-state index in [1.165, 1.54) is 16.6 Å². The molecule has 2 heterocycles. The molecule has 11 nitrogen and oxygen atoms in total. The maximum atomic E-state index is 12.4. The molecule has 0 unspecified atom stereocenters. The Bertz CT molecular complexity index is 814. The second-order valence-electron chi connectivity index (χ2n) is 5.90. The summed E-state index contributed by atoms with van der Waals surface area (Å²) in [5, 5.41) is 6.73. The Morgan fingerprint density at radius 3 is 2.48 bits per heavy atom. The molecule has 154 valence electrons. The van der Waals surface area contributed by atoms with Crippen molar-refractivity contribution in [2.75, 3.05) is 52.1 Å². The first-order valence-corrected chi connectivity index (χ1v) is 11.8. The van der Waals surface area contributed by atoms with Crippen molar-refractivity contribution in [1.82, 2.24) is 24.4 Å². The van der Waals surface area contributed by atoms with Crippen molar-refractivity contribution in [3.8, 4) is 0 Å². The van der Waals surface area contributed by atoms with Gasteiger partial charge in [0.2, 0.25) is 20.0 Å². The van der Waals surface area contributed by atoms with Crippen LogP contribution in [0.4, 0.5) is 0 Å². The van der Waals surface area contributed by atoms with E-state index >= 15 is 0 Å². The van der Waals surface area contributed by atoms with E-state index in [0.717, 1.165) is 0 Å². The second kappa shape index (κ2) is 9.48. The van der Waals surface area contributed by atoms with Crippen LogP contribution in [0.1, 0.15) is 12.6 Å². The molecule has 1 saturated heterocycles. The van der Waals surface area contributed by atoms with E-state index in [4.69, 9.17) is 0 Å². The van der Waals surface area contributed by atoms with Crippen molar-refractivity contribution in [3.63, 3.8) is 0 Å². The Balaban J connectivity index is 1.81. The lowest BCUT2D eigenvalue weighted by molar-refractivity contribution is 0.260. The van der Waals surface area contributed by atoms with Crippen LogP contribution < -0.4 is 10.0 Å². The number of nitrogens with zero attached hydrogens (tertiary/aromatic N) is 4. The fourth-order valence-corrected chi connectivity index (χ4v) is 4.63. The largest absolute Gasteiger partial charge is 0.364 e. The highest BCUT2D eigenvalue weighted by molar-refractivity contribution is 7.89. The molecule has 0 atom stereocenters. The van der Waals surface area contributed by atoms with Gasteiger partial charge in [-0.1, -0.05) is 5.16 Å². The monoisotopic (exact) mass is 422 g/mol. The van der Waals surface area contributed by atoms with Crippen LogP contribution in [0.2, 0.25) is 0 Å². The molecule has 1 fully saturated rings. The van der Waals surface area contributed by atoms with Crippen LogP contribution in [0.15, 0.2) is 21.8 Å². The summed E-state index contributed by atoms with van der Waals surface area (Å²) in [6, 6.07) is 1.53. The highest BCUT2D eigenvalue weighted by Gasteiger charge is 2.28. The second-order valence-corrected chi connectivity index (χ2v) is 9.97. The number of rotatable bonds is 8. The molecule has 2 rings (SSSR count). The van der Waals surface area contributed by atoms with Crippen LogP contribution >= 0.6 is 0 Å². The van der Waals surface area contributed by atoms with Crippen molar-refractivity contribution < 1.29 is 21.4 Å². The molecule has 0 aliphatic carbocycles. The van der Waals surface area contributed by atoms with Gasteiger partial charge < -0.3 is 14.7 Å². The fraction of sp³-hybridized carbons (Fsp3) is 0.714. The van der Waals surface area contributed by atoms with E-state index in [1.807, 2.05) is 4.90 Å². The molecule has 2 N–H and O–H groups in total. The van der Waals surface area contributed by atoms with Crippen LogP contribution in [0.5, 0.6) is 0 Å². The summed E-state index contributed by atoms with van der Waals surface area (Å²) in [4.78, 5) is 6.12. The third kappa shape index (κ3) is 6.45. The summed E-state index contributed by atoms with van der Waals surface area (Å²) in [5.74, 6) is 0.458. The molecule has 0 bridgehead atoms. The molecule has 0 saturated carbocycles. The maximum absolute atomic E-state index is 12.4. The smallest absolute Gasteiger partial charge is 0.220 e. The lowest BCUT2D eigenvalue weighted by Gasteiger charge is -2.35. The topological polar surface area (TPSA) is 137 Å². The molecular formula is C14H26N6O5S2. The Kier molecular flexibility index (Phi) is 7.59. The summed E-state index contributed by atoms with van der Waals surface area (Å²) in [6.45, 7) is 3.85. The van der Waals surface area contributed by atoms with Gasteiger partial charge in [0.25, 0.3) is 0 Å². The summed E-state index contributed by atoms with van der Waals surface area (Å²) in [6.07, 6.45) is 1.35. The molecule has 27 heavy (non-hydrogen) atoms. The first-order valence-electron chi connectivity index (χ1n) is 8.57. The van der Waals surface area contributed by atoms with Crippen molar-refractivity contribution in [1.29, 1.82) is 0 Å². The summed E-state index contributed by atoms with van der Waals surface area (Å²) >= 11 is 0. The van der Waals surface area contributed by atoms with Crippen LogP contribution in [-0.4, -0.2) is 89.2 Å². The number of sulfonamides is 2. The van der Waals surface area contributed by atoms with Gasteiger partial charge in [-0.05, 0) is 6.92 Å². The molecule has 1 aliphatic rings. The van der Waals surface area contributed by atoms with E-state index in [2.05, 4.69) is 24.7 Å². The molecule has 1 aromatic rings. The quantitative estimate of drug-likeness (QED) is 0.298. The first kappa shape index (κ1) is 21.6. The molecular weight excluding hydrogens is 396 g/mol. The molecule has 0 amide bonds. The number of piperazine rings is 1. The summed E-state index contributed by atoms with van der Waals surface area (Å²) in [7, 11) is -5.05. The zero-order valence-electron chi connectivity index (χ0n) is 15.5. The maximum Gasteiger partial charge on any atom is 0.220 e. The minimum Gasteiger partial charge on any atom is -0.364 e.